The second kappa shape index (κ2) is 10.9. The van der Waals surface area contributed by atoms with Crippen LogP contribution in [0.3, 0.4) is 0 Å². The monoisotopic (exact) mass is 538 g/mol. The van der Waals surface area contributed by atoms with E-state index in [1.54, 1.807) is 6.07 Å². The van der Waals surface area contributed by atoms with Crippen LogP contribution in [0.25, 0.3) is 0 Å². The molecule has 1 aromatic carbocycles. The number of aliphatic imine (C=N–C) groups is 1. The van der Waals surface area contributed by atoms with Crippen molar-refractivity contribution in [1.29, 1.82) is 0 Å². The van der Waals surface area contributed by atoms with E-state index >= 15 is 0 Å². The van der Waals surface area contributed by atoms with Crippen LogP contribution in [0.4, 0.5) is 4.39 Å². The van der Waals surface area contributed by atoms with Gasteiger partial charge in [-0.05, 0) is 50.2 Å². The van der Waals surface area contributed by atoms with Crippen molar-refractivity contribution in [2.45, 2.75) is 44.4 Å². The fourth-order valence-corrected chi connectivity index (χ4v) is 4.45. The third-order valence-electron chi connectivity index (χ3n) is 5.66. The Kier molecular flexibility index (Phi) is 9.15. The second-order valence-electron chi connectivity index (χ2n) is 7.85. The van der Waals surface area contributed by atoms with Gasteiger partial charge < -0.3 is 10.6 Å². The standard InChI is InChI=1S/C20H31FN4O2S.HI/c1-2-22-19(23-12-13-28(26,27)25-14-16-6-5-7-16)24-15-20(10-11-20)17-8-3-4-9-18(17)21;/h3-4,8-9,16,25H,2,5-7,10-15H2,1H3,(H2,22,23,24);1H. The van der Waals surface area contributed by atoms with E-state index in [0.29, 0.717) is 31.5 Å². The first-order chi connectivity index (χ1) is 13.4. The summed E-state index contributed by atoms with van der Waals surface area (Å²) in [6.45, 7) is 3.93. The van der Waals surface area contributed by atoms with E-state index in [1.165, 1.54) is 12.5 Å². The minimum Gasteiger partial charge on any atom is -0.357 e. The maximum atomic E-state index is 14.1. The van der Waals surface area contributed by atoms with E-state index < -0.39 is 10.0 Å². The van der Waals surface area contributed by atoms with Crippen molar-refractivity contribution in [3.63, 3.8) is 0 Å². The lowest BCUT2D eigenvalue weighted by Crippen LogP contribution is -2.42. The largest absolute Gasteiger partial charge is 0.357 e. The van der Waals surface area contributed by atoms with Gasteiger partial charge in [0.15, 0.2) is 5.96 Å². The summed E-state index contributed by atoms with van der Waals surface area (Å²) in [4.78, 5) is 4.59. The number of guanidine groups is 1. The maximum Gasteiger partial charge on any atom is 0.213 e. The Hall–Kier alpha value is -0.940. The van der Waals surface area contributed by atoms with Gasteiger partial charge >= 0.3 is 0 Å². The molecule has 0 atom stereocenters. The highest BCUT2D eigenvalue weighted by Crippen LogP contribution is 2.49. The Labute approximate surface area is 190 Å². The third kappa shape index (κ3) is 7.06. The molecule has 9 heteroatoms. The number of nitrogens with zero attached hydrogens (tertiary/aromatic N) is 1. The second-order valence-corrected chi connectivity index (χ2v) is 9.77. The van der Waals surface area contributed by atoms with E-state index in [9.17, 15) is 12.8 Å². The molecule has 6 nitrogen and oxygen atoms in total. The predicted octanol–water partition coefficient (Wildman–Crippen LogP) is 2.75. The minimum absolute atomic E-state index is 0. The Morgan fingerprint density at radius 3 is 2.55 bits per heavy atom. The highest BCUT2D eigenvalue weighted by atomic mass is 127. The molecular formula is C20H32FIN4O2S. The maximum absolute atomic E-state index is 14.1. The molecule has 1 aromatic rings. The van der Waals surface area contributed by atoms with Gasteiger partial charge in [0.25, 0.3) is 0 Å². The van der Waals surface area contributed by atoms with Crippen LogP contribution in [0, 0.1) is 11.7 Å². The average Bonchev–Trinajstić information content (AvgIpc) is 3.39. The Bertz CT molecular complexity index is 795. The fraction of sp³-hybridized carbons (Fsp3) is 0.650. The lowest BCUT2D eigenvalue weighted by molar-refractivity contribution is 0.316. The molecule has 2 aliphatic rings. The molecule has 0 heterocycles. The van der Waals surface area contributed by atoms with E-state index in [2.05, 4.69) is 20.3 Å². The molecule has 0 radical (unpaired) electrons. The molecule has 29 heavy (non-hydrogen) atoms. The number of sulfonamides is 1. The van der Waals surface area contributed by atoms with Gasteiger partial charge in [-0.25, -0.2) is 17.5 Å². The molecule has 0 saturated heterocycles. The van der Waals surface area contributed by atoms with Crippen LogP contribution in [0.2, 0.25) is 0 Å². The Morgan fingerprint density at radius 1 is 1.24 bits per heavy atom. The summed E-state index contributed by atoms with van der Waals surface area (Å²) < 4.78 is 41.1. The third-order valence-corrected chi connectivity index (χ3v) is 7.01. The number of rotatable bonds is 10. The molecular weight excluding hydrogens is 506 g/mol. The summed E-state index contributed by atoms with van der Waals surface area (Å²) in [6.07, 6.45) is 5.25. The van der Waals surface area contributed by atoms with Crippen molar-refractivity contribution in [2.24, 2.45) is 10.9 Å². The first-order valence-corrected chi connectivity index (χ1v) is 11.8. The van der Waals surface area contributed by atoms with Crippen LogP contribution in [0.15, 0.2) is 29.3 Å². The summed E-state index contributed by atoms with van der Waals surface area (Å²) in [7, 11) is -3.29. The number of hydrogen-bond donors (Lipinski definition) is 3. The first kappa shape index (κ1) is 24.3. The van der Waals surface area contributed by atoms with Crippen molar-refractivity contribution in [1.82, 2.24) is 15.4 Å². The highest BCUT2D eigenvalue weighted by Gasteiger charge is 2.45. The number of benzene rings is 1. The van der Waals surface area contributed by atoms with E-state index in [4.69, 9.17) is 0 Å². The van der Waals surface area contributed by atoms with Crippen molar-refractivity contribution >= 4 is 40.0 Å². The van der Waals surface area contributed by atoms with Gasteiger partial charge in [0.05, 0.1) is 12.3 Å². The zero-order valence-corrected chi connectivity index (χ0v) is 20.1. The average molecular weight is 538 g/mol. The van der Waals surface area contributed by atoms with E-state index in [-0.39, 0.29) is 47.5 Å². The molecule has 0 bridgehead atoms. The molecule has 0 aromatic heterocycles. The Balaban J connectivity index is 0.00000300. The van der Waals surface area contributed by atoms with Crippen LogP contribution < -0.4 is 15.4 Å². The Morgan fingerprint density at radius 2 is 1.97 bits per heavy atom. The van der Waals surface area contributed by atoms with Crippen LogP contribution in [0.5, 0.6) is 0 Å². The molecule has 0 unspecified atom stereocenters. The van der Waals surface area contributed by atoms with Gasteiger partial charge in [0, 0.05) is 25.0 Å². The molecule has 0 amide bonds. The molecule has 0 aliphatic heterocycles. The van der Waals surface area contributed by atoms with Crippen LogP contribution in [-0.2, 0) is 15.4 Å². The SMILES string of the molecule is CCNC(=NCC1(c2ccccc2F)CC1)NCCS(=O)(=O)NCC1CCC1.I. The lowest BCUT2D eigenvalue weighted by Gasteiger charge is -2.25. The summed E-state index contributed by atoms with van der Waals surface area (Å²) in [6, 6.07) is 6.87. The quantitative estimate of drug-likeness (QED) is 0.243. The van der Waals surface area contributed by atoms with Gasteiger partial charge in [-0.1, -0.05) is 24.6 Å². The van der Waals surface area contributed by atoms with Crippen LogP contribution >= 0.6 is 24.0 Å². The fourth-order valence-electron chi connectivity index (χ4n) is 3.44. The van der Waals surface area contributed by atoms with E-state index in [1.807, 2.05) is 19.1 Å². The number of halogens is 2. The van der Waals surface area contributed by atoms with Crippen molar-refractivity contribution in [2.75, 3.05) is 31.9 Å². The van der Waals surface area contributed by atoms with Crippen LogP contribution in [-0.4, -0.2) is 46.3 Å². The molecule has 3 rings (SSSR count). The van der Waals surface area contributed by atoms with Crippen molar-refractivity contribution in [3.05, 3.63) is 35.6 Å². The smallest absolute Gasteiger partial charge is 0.213 e. The van der Waals surface area contributed by atoms with E-state index in [0.717, 1.165) is 31.2 Å². The van der Waals surface area contributed by atoms with Gasteiger partial charge in [0.1, 0.15) is 5.82 Å². The highest BCUT2D eigenvalue weighted by molar-refractivity contribution is 14.0. The predicted molar refractivity (Wildman–Crippen MR) is 126 cm³/mol. The molecule has 2 fully saturated rings. The van der Waals surface area contributed by atoms with Gasteiger partial charge in [0.2, 0.25) is 10.0 Å². The molecule has 164 valence electrons. The minimum atomic E-state index is -3.29. The summed E-state index contributed by atoms with van der Waals surface area (Å²) in [5, 5.41) is 6.22. The number of hydrogen-bond acceptors (Lipinski definition) is 3. The van der Waals surface area contributed by atoms with Crippen LogP contribution in [0.1, 0.15) is 44.6 Å². The summed E-state index contributed by atoms with van der Waals surface area (Å²) in [5.41, 5.74) is 0.488. The van der Waals surface area contributed by atoms with Gasteiger partial charge in [-0.2, -0.15) is 0 Å². The molecule has 2 aliphatic carbocycles. The lowest BCUT2D eigenvalue weighted by atomic mass is 9.86. The van der Waals surface area contributed by atoms with Gasteiger partial charge in [-0.15, -0.1) is 24.0 Å². The first-order valence-electron chi connectivity index (χ1n) is 10.2. The molecule has 0 spiro atoms. The zero-order valence-electron chi connectivity index (χ0n) is 16.9. The normalized spacial score (nSPS) is 18.5. The summed E-state index contributed by atoms with van der Waals surface area (Å²) in [5.74, 6) is 0.883. The zero-order chi connectivity index (χ0) is 20.0. The van der Waals surface area contributed by atoms with Crippen molar-refractivity contribution in [3.8, 4) is 0 Å². The topological polar surface area (TPSA) is 82.6 Å². The summed E-state index contributed by atoms with van der Waals surface area (Å²) >= 11 is 0. The molecule has 3 N–H and O–H groups in total. The van der Waals surface area contributed by atoms with Crippen molar-refractivity contribution < 1.29 is 12.8 Å². The molecule has 2 saturated carbocycles. The number of nitrogens with one attached hydrogen (secondary N) is 3. The van der Waals surface area contributed by atoms with Gasteiger partial charge in [-0.3, -0.25) is 4.99 Å².